The Bertz CT molecular complexity index is 892. The van der Waals surface area contributed by atoms with Crippen molar-refractivity contribution in [2.24, 2.45) is 4.99 Å². The van der Waals surface area contributed by atoms with E-state index in [9.17, 15) is 5.26 Å². The lowest BCUT2D eigenvalue weighted by atomic mass is 10.2. The molecule has 0 amide bonds. The molecule has 2 aromatic rings. The van der Waals surface area contributed by atoms with Crippen LogP contribution >= 0.6 is 27.7 Å². The monoisotopic (exact) mass is 430 g/mol. The smallest absolute Gasteiger partial charge is 0.136 e. The summed E-state index contributed by atoms with van der Waals surface area (Å²) in [7, 11) is 4.07. The van der Waals surface area contributed by atoms with Crippen molar-refractivity contribution >= 4 is 39.1 Å². The van der Waals surface area contributed by atoms with Gasteiger partial charge >= 0.3 is 0 Å². The SMILES string of the molecule is CSc1cncc(COc2cc(N=C3CC3N(C)C)c(C#N)cc2Br)c1. The number of hydrogen-bond donors (Lipinski definition) is 0. The number of hydrogen-bond acceptors (Lipinski definition) is 6. The number of nitrogens with zero attached hydrogens (tertiary/aromatic N) is 4. The van der Waals surface area contributed by atoms with Gasteiger partial charge in [0.05, 0.1) is 21.8 Å². The number of ether oxygens (including phenoxy) is 1. The highest BCUT2D eigenvalue weighted by atomic mass is 79.9. The van der Waals surface area contributed by atoms with E-state index in [0.717, 1.165) is 27.1 Å². The first-order valence-corrected chi connectivity index (χ1v) is 10.1. The van der Waals surface area contributed by atoms with Crippen molar-refractivity contribution in [2.75, 3.05) is 20.4 Å². The van der Waals surface area contributed by atoms with Crippen LogP contribution in [-0.2, 0) is 6.61 Å². The first kappa shape index (κ1) is 18.9. The maximum Gasteiger partial charge on any atom is 0.136 e. The van der Waals surface area contributed by atoms with Crippen LogP contribution in [0.4, 0.5) is 5.69 Å². The summed E-state index contributed by atoms with van der Waals surface area (Å²) in [5, 5.41) is 9.41. The van der Waals surface area contributed by atoms with Crippen molar-refractivity contribution in [1.29, 1.82) is 5.26 Å². The predicted octanol–water partition coefficient (Wildman–Crippen LogP) is 4.42. The number of rotatable bonds is 6. The Kier molecular flexibility index (Phi) is 5.97. The molecule has 0 aliphatic heterocycles. The van der Waals surface area contributed by atoms with E-state index >= 15 is 0 Å². The summed E-state index contributed by atoms with van der Waals surface area (Å²) >= 11 is 5.13. The molecule has 1 unspecified atom stereocenters. The van der Waals surface area contributed by atoms with Gasteiger partial charge in [0.15, 0.2) is 0 Å². The van der Waals surface area contributed by atoms with Crippen LogP contribution < -0.4 is 4.74 Å². The lowest BCUT2D eigenvalue weighted by molar-refractivity contribution is 0.303. The molecule has 1 atom stereocenters. The van der Waals surface area contributed by atoms with E-state index in [2.05, 4.69) is 42.9 Å². The van der Waals surface area contributed by atoms with Gasteiger partial charge in [0.2, 0.25) is 0 Å². The average Bonchev–Trinajstić information content (AvgIpc) is 3.41. The van der Waals surface area contributed by atoms with Crippen molar-refractivity contribution in [1.82, 2.24) is 9.88 Å². The Morgan fingerprint density at radius 2 is 2.19 bits per heavy atom. The Labute approximate surface area is 166 Å². The molecule has 26 heavy (non-hydrogen) atoms. The molecule has 3 rings (SSSR count). The molecule has 7 heteroatoms. The lowest BCUT2D eigenvalue weighted by Gasteiger charge is -2.11. The number of aromatic nitrogens is 1. The molecular weight excluding hydrogens is 412 g/mol. The zero-order valence-electron chi connectivity index (χ0n) is 14.9. The first-order valence-electron chi connectivity index (χ1n) is 8.10. The van der Waals surface area contributed by atoms with Crippen LogP contribution in [0.3, 0.4) is 0 Å². The molecule has 1 fully saturated rings. The predicted molar refractivity (Wildman–Crippen MR) is 108 cm³/mol. The number of nitriles is 1. The minimum atomic E-state index is 0.370. The standard InChI is InChI=1S/C19H19BrN4OS/c1-24(2)18-6-17(18)23-16-7-19(15(20)5-13(16)8-21)25-11-12-4-14(26-3)10-22-9-12/h4-5,7,9-10,18H,6,11H2,1-3H3. The molecule has 0 saturated heterocycles. The second-order valence-electron chi connectivity index (χ2n) is 6.22. The third-order valence-corrected chi connectivity index (χ3v) is 5.40. The van der Waals surface area contributed by atoms with Gasteiger partial charge in [-0.15, -0.1) is 11.8 Å². The van der Waals surface area contributed by atoms with Gasteiger partial charge in [-0.25, -0.2) is 0 Å². The van der Waals surface area contributed by atoms with Gasteiger partial charge in [0.1, 0.15) is 18.4 Å². The maximum atomic E-state index is 9.41. The number of benzene rings is 1. The van der Waals surface area contributed by atoms with Crippen molar-refractivity contribution < 1.29 is 4.74 Å². The minimum absolute atomic E-state index is 0.370. The number of thioether (sulfide) groups is 1. The number of aliphatic imine (C=N–C) groups is 1. The van der Waals surface area contributed by atoms with E-state index < -0.39 is 0 Å². The second-order valence-corrected chi connectivity index (χ2v) is 7.95. The van der Waals surface area contributed by atoms with Crippen LogP contribution in [-0.4, -0.2) is 42.0 Å². The molecule has 0 bridgehead atoms. The number of pyridine rings is 1. The molecule has 5 nitrogen and oxygen atoms in total. The molecule has 0 spiro atoms. The van der Waals surface area contributed by atoms with Crippen molar-refractivity contribution in [3.05, 3.63) is 46.2 Å². The fraction of sp³-hybridized carbons (Fsp3) is 0.316. The van der Waals surface area contributed by atoms with E-state index in [1.165, 1.54) is 0 Å². The molecule has 1 aromatic heterocycles. The molecule has 0 N–H and O–H groups in total. The summed E-state index contributed by atoms with van der Waals surface area (Å²) in [4.78, 5) is 12.1. The number of halogens is 1. The highest BCUT2D eigenvalue weighted by Crippen LogP contribution is 2.36. The normalized spacial score (nSPS) is 17.4. The van der Waals surface area contributed by atoms with E-state index in [1.807, 2.05) is 32.6 Å². The van der Waals surface area contributed by atoms with Crippen LogP contribution in [0.5, 0.6) is 5.75 Å². The van der Waals surface area contributed by atoms with Gasteiger partial charge < -0.3 is 9.64 Å². The average molecular weight is 431 g/mol. The first-order chi connectivity index (χ1) is 12.5. The van der Waals surface area contributed by atoms with Gasteiger partial charge in [0.25, 0.3) is 0 Å². The van der Waals surface area contributed by atoms with Gasteiger partial charge in [0, 0.05) is 41.1 Å². The van der Waals surface area contributed by atoms with Gasteiger partial charge in [-0.05, 0) is 48.4 Å². The zero-order valence-corrected chi connectivity index (χ0v) is 17.3. The molecule has 1 heterocycles. The summed E-state index contributed by atoms with van der Waals surface area (Å²) < 4.78 is 6.70. The molecule has 1 aliphatic carbocycles. The van der Waals surface area contributed by atoms with E-state index in [-0.39, 0.29) is 0 Å². The van der Waals surface area contributed by atoms with Crippen LogP contribution in [0, 0.1) is 11.3 Å². The fourth-order valence-electron chi connectivity index (χ4n) is 2.55. The van der Waals surface area contributed by atoms with E-state index in [1.54, 1.807) is 24.0 Å². The van der Waals surface area contributed by atoms with Crippen LogP contribution in [0.2, 0.25) is 0 Å². The Hall–Kier alpha value is -1.88. The molecule has 1 aromatic carbocycles. The van der Waals surface area contributed by atoms with Crippen LogP contribution in [0.1, 0.15) is 17.5 Å². The quantitative estimate of drug-likeness (QED) is 0.634. The van der Waals surface area contributed by atoms with Crippen molar-refractivity contribution in [2.45, 2.75) is 24.0 Å². The summed E-state index contributed by atoms with van der Waals surface area (Å²) in [6, 6.07) is 8.23. The maximum absolute atomic E-state index is 9.41. The second kappa shape index (κ2) is 8.21. The molecular formula is C19H19BrN4OS. The Balaban J connectivity index is 1.81. The summed E-state index contributed by atoms with van der Waals surface area (Å²) in [6.07, 6.45) is 6.58. The molecule has 0 radical (unpaired) electrons. The van der Waals surface area contributed by atoms with E-state index in [0.29, 0.717) is 29.6 Å². The van der Waals surface area contributed by atoms with Gasteiger partial charge in [-0.2, -0.15) is 5.26 Å². The zero-order chi connectivity index (χ0) is 18.7. The van der Waals surface area contributed by atoms with Gasteiger partial charge in [-0.3, -0.25) is 9.98 Å². The van der Waals surface area contributed by atoms with Crippen molar-refractivity contribution in [3.8, 4) is 11.8 Å². The van der Waals surface area contributed by atoms with Crippen LogP contribution in [0.25, 0.3) is 0 Å². The molecule has 1 aliphatic rings. The topological polar surface area (TPSA) is 61.5 Å². The lowest BCUT2D eigenvalue weighted by Crippen LogP contribution is -2.15. The Morgan fingerprint density at radius 1 is 1.38 bits per heavy atom. The van der Waals surface area contributed by atoms with Crippen LogP contribution in [0.15, 0.2) is 45.0 Å². The highest BCUT2D eigenvalue weighted by Gasteiger charge is 2.34. The highest BCUT2D eigenvalue weighted by molar-refractivity contribution is 9.10. The Morgan fingerprint density at radius 3 is 2.85 bits per heavy atom. The third-order valence-electron chi connectivity index (χ3n) is 4.08. The van der Waals surface area contributed by atoms with Crippen molar-refractivity contribution in [3.63, 3.8) is 0 Å². The summed E-state index contributed by atoms with van der Waals surface area (Å²) in [5.74, 6) is 0.667. The molecule has 134 valence electrons. The van der Waals surface area contributed by atoms with Gasteiger partial charge in [-0.1, -0.05) is 0 Å². The molecule has 1 saturated carbocycles. The summed E-state index contributed by atoms with van der Waals surface area (Å²) in [6.45, 7) is 0.405. The minimum Gasteiger partial charge on any atom is -0.488 e. The van der Waals surface area contributed by atoms with E-state index in [4.69, 9.17) is 4.74 Å². The third kappa shape index (κ3) is 4.44. The summed E-state index contributed by atoms with van der Waals surface area (Å²) in [5.41, 5.74) is 3.28. The largest absolute Gasteiger partial charge is 0.488 e. The fourth-order valence-corrected chi connectivity index (χ4v) is 3.44.